The van der Waals surface area contributed by atoms with Gasteiger partial charge in [0.25, 0.3) is 0 Å². The number of nitrogens with zero attached hydrogens (tertiary/aromatic N) is 3. The second-order valence-electron chi connectivity index (χ2n) is 9.50. The molecule has 0 bridgehead atoms. The third-order valence-electron chi connectivity index (χ3n) is 6.07. The molecule has 0 saturated heterocycles. The molecule has 0 spiro atoms. The fraction of sp³-hybridized carbons (Fsp3) is 0.542. The number of esters is 1. The highest BCUT2D eigenvalue weighted by Crippen LogP contribution is 2.39. The summed E-state index contributed by atoms with van der Waals surface area (Å²) in [5, 5.41) is 4.44. The molecule has 7 nitrogen and oxygen atoms in total. The molecule has 4 rings (SSSR count). The van der Waals surface area contributed by atoms with Crippen LogP contribution in [0, 0.1) is 0 Å². The summed E-state index contributed by atoms with van der Waals surface area (Å²) < 4.78 is 12.5. The van der Waals surface area contributed by atoms with Gasteiger partial charge in [-0.05, 0) is 39.2 Å². The molecular formula is C24H31N3O4. The standard InChI is InChI=1S/C24H31N3O4/c1-23(2,3)31-22(29)27-16-19-15-26(14-11-20(19)25-27)24(12-7-8-13-24)21(28)30-17-18-9-5-4-6-10-18/h4-6,9-10,16H,7-8,11-15,17H2,1-3H3. The van der Waals surface area contributed by atoms with Crippen molar-refractivity contribution in [1.29, 1.82) is 0 Å². The van der Waals surface area contributed by atoms with E-state index in [-0.39, 0.29) is 12.6 Å². The number of hydrogen-bond donors (Lipinski definition) is 0. The van der Waals surface area contributed by atoms with Crippen LogP contribution in [-0.4, -0.2) is 44.4 Å². The van der Waals surface area contributed by atoms with E-state index in [9.17, 15) is 9.59 Å². The molecule has 31 heavy (non-hydrogen) atoms. The van der Waals surface area contributed by atoms with Crippen molar-refractivity contribution in [3.05, 3.63) is 53.3 Å². The van der Waals surface area contributed by atoms with Gasteiger partial charge >= 0.3 is 12.1 Å². The Kier molecular flexibility index (Phi) is 5.88. The van der Waals surface area contributed by atoms with Crippen LogP contribution in [0.4, 0.5) is 4.79 Å². The van der Waals surface area contributed by atoms with Crippen molar-refractivity contribution < 1.29 is 19.1 Å². The summed E-state index contributed by atoms with van der Waals surface area (Å²) in [6.45, 7) is 7.09. The Morgan fingerprint density at radius 3 is 2.52 bits per heavy atom. The van der Waals surface area contributed by atoms with E-state index in [0.717, 1.165) is 49.0 Å². The number of fused-ring (bicyclic) bond motifs is 1. The van der Waals surface area contributed by atoms with E-state index in [2.05, 4.69) is 10.00 Å². The van der Waals surface area contributed by atoms with E-state index >= 15 is 0 Å². The van der Waals surface area contributed by atoms with Gasteiger partial charge in [0.05, 0.1) is 5.69 Å². The van der Waals surface area contributed by atoms with E-state index in [1.165, 1.54) is 4.68 Å². The van der Waals surface area contributed by atoms with Gasteiger partial charge in [-0.3, -0.25) is 9.69 Å². The minimum atomic E-state index is -0.597. The van der Waals surface area contributed by atoms with Crippen LogP contribution in [0.5, 0.6) is 0 Å². The first kappa shape index (κ1) is 21.6. The molecule has 7 heteroatoms. The highest BCUT2D eigenvalue weighted by molar-refractivity contribution is 5.81. The van der Waals surface area contributed by atoms with Gasteiger partial charge in [0.2, 0.25) is 0 Å². The lowest BCUT2D eigenvalue weighted by atomic mass is 9.92. The van der Waals surface area contributed by atoms with Crippen molar-refractivity contribution in [3.8, 4) is 0 Å². The monoisotopic (exact) mass is 425 g/mol. The zero-order valence-corrected chi connectivity index (χ0v) is 18.6. The zero-order valence-electron chi connectivity index (χ0n) is 18.6. The predicted octanol–water partition coefficient (Wildman–Crippen LogP) is 4.08. The molecule has 1 aromatic heterocycles. The van der Waals surface area contributed by atoms with Crippen molar-refractivity contribution in [2.24, 2.45) is 0 Å². The van der Waals surface area contributed by atoms with E-state index < -0.39 is 17.2 Å². The first-order valence-electron chi connectivity index (χ1n) is 11.0. The zero-order chi connectivity index (χ0) is 22.1. The van der Waals surface area contributed by atoms with E-state index in [4.69, 9.17) is 9.47 Å². The fourth-order valence-corrected chi connectivity index (χ4v) is 4.55. The van der Waals surface area contributed by atoms with Crippen molar-refractivity contribution in [2.75, 3.05) is 6.54 Å². The molecule has 1 fully saturated rings. The summed E-state index contributed by atoms with van der Waals surface area (Å²) in [4.78, 5) is 27.9. The maximum absolute atomic E-state index is 13.3. The van der Waals surface area contributed by atoms with Crippen LogP contribution in [0.3, 0.4) is 0 Å². The second kappa shape index (κ2) is 8.46. The molecule has 2 aromatic rings. The van der Waals surface area contributed by atoms with Crippen LogP contribution in [0.1, 0.15) is 63.3 Å². The van der Waals surface area contributed by atoms with Gasteiger partial charge < -0.3 is 9.47 Å². The molecular weight excluding hydrogens is 394 g/mol. The molecule has 1 aliphatic carbocycles. The number of carbonyl (C=O) groups excluding carboxylic acids is 2. The van der Waals surface area contributed by atoms with Crippen LogP contribution < -0.4 is 0 Å². The van der Waals surface area contributed by atoms with Crippen molar-refractivity contribution >= 4 is 12.1 Å². The third kappa shape index (κ3) is 4.66. The smallest absolute Gasteiger partial charge is 0.435 e. The lowest BCUT2D eigenvalue weighted by Crippen LogP contribution is -2.54. The highest BCUT2D eigenvalue weighted by Gasteiger charge is 2.48. The Balaban J connectivity index is 1.48. The van der Waals surface area contributed by atoms with Gasteiger partial charge in [-0.2, -0.15) is 9.78 Å². The van der Waals surface area contributed by atoms with E-state index in [0.29, 0.717) is 13.0 Å². The molecule has 166 valence electrons. The molecule has 1 saturated carbocycles. The Morgan fingerprint density at radius 1 is 1.13 bits per heavy atom. The van der Waals surface area contributed by atoms with Crippen LogP contribution >= 0.6 is 0 Å². The third-order valence-corrected chi connectivity index (χ3v) is 6.07. The SMILES string of the molecule is CC(C)(C)OC(=O)n1cc2c(n1)CCN(C1(C(=O)OCc3ccccc3)CCCC1)C2. The Hall–Kier alpha value is -2.67. The summed E-state index contributed by atoms with van der Waals surface area (Å²) in [5.41, 5.74) is 1.68. The van der Waals surface area contributed by atoms with Gasteiger partial charge in [-0.1, -0.05) is 43.2 Å². The molecule has 0 atom stereocenters. The number of ether oxygens (including phenoxy) is 2. The molecule has 1 aromatic carbocycles. The first-order valence-corrected chi connectivity index (χ1v) is 11.0. The van der Waals surface area contributed by atoms with Crippen molar-refractivity contribution in [2.45, 2.75) is 77.2 Å². The molecule has 0 radical (unpaired) electrons. The molecule has 2 heterocycles. The fourth-order valence-electron chi connectivity index (χ4n) is 4.55. The van der Waals surface area contributed by atoms with Gasteiger partial charge in [-0.15, -0.1) is 0 Å². The summed E-state index contributed by atoms with van der Waals surface area (Å²) in [6.07, 6.45) is 5.59. The quantitative estimate of drug-likeness (QED) is 0.687. The summed E-state index contributed by atoms with van der Waals surface area (Å²) >= 11 is 0. The largest absolute Gasteiger partial charge is 0.459 e. The Morgan fingerprint density at radius 2 is 1.84 bits per heavy atom. The van der Waals surface area contributed by atoms with Gasteiger partial charge in [0.15, 0.2) is 0 Å². The maximum Gasteiger partial charge on any atom is 0.435 e. The summed E-state index contributed by atoms with van der Waals surface area (Å²) in [6, 6.07) is 9.78. The van der Waals surface area contributed by atoms with Crippen LogP contribution in [-0.2, 0) is 33.8 Å². The number of hydrogen-bond acceptors (Lipinski definition) is 6. The summed E-state index contributed by atoms with van der Waals surface area (Å²) in [5.74, 6) is -0.142. The number of aromatic nitrogens is 2. The summed E-state index contributed by atoms with van der Waals surface area (Å²) in [7, 11) is 0. The number of benzene rings is 1. The maximum atomic E-state index is 13.3. The van der Waals surface area contributed by atoms with E-state index in [1.807, 2.05) is 51.1 Å². The molecule has 1 aliphatic heterocycles. The van der Waals surface area contributed by atoms with E-state index in [1.54, 1.807) is 6.20 Å². The molecule has 0 amide bonds. The van der Waals surface area contributed by atoms with Gasteiger partial charge in [0, 0.05) is 31.3 Å². The Labute approximate surface area is 183 Å². The van der Waals surface area contributed by atoms with Crippen LogP contribution in [0.25, 0.3) is 0 Å². The number of rotatable bonds is 4. The van der Waals surface area contributed by atoms with Gasteiger partial charge in [-0.25, -0.2) is 4.79 Å². The lowest BCUT2D eigenvalue weighted by Gasteiger charge is -2.40. The minimum absolute atomic E-state index is 0.142. The predicted molar refractivity (Wildman–Crippen MR) is 115 cm³/mol. The highest BCUT2D eigenvalue weighted by atomic mass is 16.6. The lowest BCUT2D eigenvalue weighted by molar-refractivity contribution is -0.160. The minimum Gasteiger partial charge on any atom is -0.459 e. The molecule has 0 unspecified atom stereocenters. The number of carbonyl (C=O) groups is 2. The average molecular weight is 426 g/mol. The molecule has 0 N–H and O–H groups in total. The van der Waals surface area contributed by atoms with Crippen molar-refractivity contribution in [3.63, 3.8) is 0 Å². The molecule has 2 aliphatic rings. The van der Waals surface area contributed by atoms with Crippen molar-refractivity contribution in [1.82, 2.24) is 14.7 Å². The van der Waals surface area contributed by atoms with Crippen LogP contribution in [0.2, 0.25) is 0 Å². The topological polar surface area (TPSA) is 73.7 Å². The van der Waals surface area contributed by atoms with Gasteiger partial charge in [0.1, 0.15) is 17.7 Å². The second-order valence-corrected chi connectivity index (χ2v) is 9.50. The average Bonchev–Trinajstić information content (AvgIpc) is 3.39. The normalized spacial score (nSPS) is 18.4. The Bertz CT molecular complexity index is 939. The van der Waals surface area contributed by atoms with Crippen LogP contribution in [0.15, 0.2) is 36.5 Å². The first-order chi connectivity index (χ1) is 14.8.